The Morgan fingerprint density at radius 3 is 2.62 bits per heavy atom. The minimum absolute atomic E-state index is 0.344. The van der Waals surface area contributed by atoms with Gasteiger partial charge in [-0.15, -0.1) is 0 Å². The molecule has 2 aliphatic heterocycles. The average Bonchev–Trinajstić information content (AvgIpc) is 3.01. The van der Waals surface area contributed by atoms with Gasteiger partial charge in [0.1, 0.15) is 24.7 Å². The smallest absolute Gasteiger partial charge is 0.122 e. The van der Waals surface area contributed by atoms with Gasteiger partial charge in [-0.2, -0.15) is 0 Å². The van der Waals surface area contributed by atoms with Crippen molar-refractivity contribution in [2.75, 3.05) is 59.2 Å². The van der Waals surface area contributed by atoms with Gasteiger partial charge in [0.25, 0.3) is 0 Å². The summed E-state index contributed by atoms with van der Waals surface area (Å²) in [7, 11) is 0. The van der Waals surface area contributed by atoms with Crippen LogP contribution in [-0.2, 0) is 11.3 Å². The van der Waals surface area contributed by atoms with Gasteiger partial charge >= 0.3 is 0 Å². The van der Waals surface area contributed by atoms with Gasteiger partial charge < -0.3 is 19.3 Å². The number of ether oxygens (including phenoxy) is 3. The SMILES string of the molecule is Cc1ccc(OCC2(O)CCCN(Cc3cccc(OCCN4CCOCC4)c3)CC2)c(C)c1. The molecule has 1 N–H and O–H groups in total. The Labute approximate surface area is 204 Å². The lowest BCUT2D eigenvalue weighted by atomic mass is 9.96. The van der Waals surface area contributed by atoms with E-state index in [1.54, 1.807) is 0 Å². The van der Waals surface area contributed by atoms with Crippen LogP contribution in [0, 0.1) is 13.8 Å². The van der Waals surface area contributed by atoms with Gasteiger partial charge in [0.05, 0.1) is 18.8 Å². The summed E-state index contributed by atoms with van der Waals surface area (Å²) < 4.78 is 17.5. The fourth-order valence-electron chi connectivity index (χ4n) is 4.82. The maximum Gasteiger partial charge on any atom is 0.122 e. The minimum Gasteiger partial charge on any atom is -0.492 e. The molecule has 186 valence electrons. The summed E-state index contributed by atoms with van der Waals surface area (Å²) in [6.45, 7) is 12.4. The molecule has 0 aromatic heterocycles. The monoisotopic (exact) mass is 468 g/mol. The molecule has 2 aromatic carbocycles. The molecule has 2 aromatic rings. The summed E-state index contributed by atoms with van der Waals surface area (Å²) in [6.07, 6.45) is 2.44. The van der Waals surface area contributed by atoms with E-state index in [2.05, 4.69) is 54.0 Å². The molecule has 0 bridgehead atoms. The van der Waals surface area contributed by atoms with Crippen LogP contribution in [0.2, 0.25) is 0 Å². The third-order valence-electron chi connectivity index (χ3n) is 6.92. The molecule has 2 heterocycles. The number of hydrogen-bond donors (Lipinski definition) is 1. The second kappa shape index (κ2) is 12.0. The van der Waals surface area contributed by atoms with Gasteiger partial charge in [0.15, 0.2) is 0 Å². The lowest BCUT2D eigenvalue weighted by Crippen LogP contribution is -2.38. The van der Waals surface area contributed by atoms with Gasteiger partial charge in [-0.1, -0.05) is 29.8 Å². The van der Waals surface area contributed by atoms with Crippen molar-refractivity contribution >= 4 is 0 Å². The second-order valence-corrected chi connectivity index (χ2v) is 9.86. The standard InChI is InChI=1S/C28H40N2O4/c1-23-7-8-27(24(2)19-23)34-22-28(31)9-4-11-30(12-10-28)21-25-5-3-6-26(20-25)33-18-15-29-13-16-32-17-14-29/h3,5-8,19-20,31H,4,9-18,21-22H2,1-2H3. The Hall–Kier alpha value is -2.12. The van der Waals surface area contributed by atoms with Crippen molar-refractivity contribution in [2.45, 2.75) is 45.3 Å². The molecule has 0 amide bonds. The molecular weight excluding hydrogens is 428 g/mol. The highest BCUT2D eigenvalue weighted by molar-refractivity contribution is 5.35. The molecule has 0 spiro atoms. The van der Waals surface area contributed by atoms with E-state index in [9.17, 15) is 5.11 Å². The largest absolute Gasteiger partial charge is 0.492 e. The van der Waals surface area contributed by atoms with E-state index in [0.717, 1.165) is 82.4 Å². The Morgan fingerprint density at radius 2 is 1.79 bits per heavy atom. The summed E-state index contributed by atoms with van der Waals surface area (Å²) >= 11 is 0. The number of rotatable bonds is 9. The van der Waals surface area contributed by atoms with E-state index >= 15 is 0 Å². The predicted octanol–water partition coefficient (Wildman–Crippen LogP) is 3.81. The predicted molar refractivity (Wildman–Crippen MR) is 135 cm³/mol. The van der Waals surface area contributed by atoms with Gasteiger partial charge in [-0.3, -0.25) is 9.80 Å². The molecular formula is C28H40N2O4. The highest BCUT2D eigenvalue weighted by Crippen LogP contribution is 2.27. The van der Waals surface area contributed by atoms with Gasteiger partial charge in [0, 0.05) is 32.7 Å². The molecule has 4 rings (SSSR count). The van der Waals surface area contributed by atoms with Crippen molar-refractivity contribution in [1.29, 1.82) is 0 Å². The average molecular weight is 469 g/mol. The summed E-state index contributed by atoms with van der Waals surface area (Å²) in [4.78, 5) is 4.82. The highest BCUT2D eigenvalue weighted by atomic mass is 16.5. The number of aryl methyl sites for hydroxylation is 2. The van der Waals surface area contributed by atoms with Crippen molar-refractivity contribution in [3.8, 4) is 11.5 Å². The first kappa shape index (κ1) is 25.0. The third kappa shape index (κ3) is 7.44. The zero-order valence-electron chi connectivity index (χ0n) is 20.8. The van der Waals surface area contributed by atoms with Crippen molar-refractivity contribution in [1.82, 2.24) is 9.80 Å². The summed E-state index contributed by atoms with van der Waals surface area (Å²) in [5.41, 5.74) is 2.81. The first-order chi connectivity index (χ1) is 16.5. The van der Waals surface area contributed by atoms with E-state index in [1.165, 1.54) is 11.1 Å². The summed E-state index contributed by atoms with van der Waals surface area (Å²) in [5.74, 6) is 1.80. The van der Waals surface area contributed by atoms with Crippen LogP contribution in [0.4, 0.5) is 0 Å². The van der Waals surface area contributed by atoms with E-state index in [0.29, 0.717) is 19.6 Å². The van der Waals surface area contributed by atoms with Crippen LogP contribution in [0.15, 0.2) is 42.5 Å². The van der Waals surface area contributed by atoms with E-state index in [1.807, 2.05) is 12.1 Å². The fraction of sp³-hybridized carbons (Fsp3) is 0.571. The number of nitrogens with zero attached hydrogens (tertiary/aromatic N) is 2. The van der Waals surface area contributed by atoms with Crippen LogP contribution in [-0.4, -0.2) is 79.7 Å². The Balaban J connectivity index is 1.24. The summed E-state index contributed by atoms with van der Waals surface area (Å²) in [6, 6.07) is 14.6. The number of benzene rings is 2. The maximum atomic E-state index is 11.2. The quantitative estimate of drug-likeness (QED) is 0.604. The van der Waals surface area contributed by atoms with Crippen molar-refractivity contribution in [2.24, 2.45) is 0 Å². The van der Waals surface area contributed by atoms with Gasteiger partial charge in [-0.05, 0) is 69.0 Å². The van der Waals surface area contributed by atoms with Crippen molar-refractivity contribution in [3.05, 3.63) is 59.2 Å². The highest BCUT2D eigenvalue weighted by Gasteiger charge is 2.31. The maximum absolute atomic E-state index is 11.2. The number of morpholine rings is 1. The molecule has 6 heteroatoms. The first-order valence-corrected chi connectivity index (χ1v) is 12.7. The topological polar surface area (TPSA) is 54.4 Å². The van der Waals surface area contributed by atoms with Crippen LogP contribution in [0.3, 0.4) is 0 Å². The third-order valence-corrected chi connectivity index (χ3v) is 6.92. The summed E-state index contributed by atoms with van der Waals surface area (Å²) in [5, 5.41) is 11.2. The van der Waals surface area contributed by atoms with E-state index < -0.39 is 5.60 Å². The molecule has 2 fully saturated rings. The minimum atomic E-state index is -0.781. The second-order valence-electron chi connectivity index (χ2n) is 9.86. The van der Waals surface area contributed by atoms with Crippen LogP contribution in [0.25, 0.3) is 0 Å². The lowest BCUT2D eigenvalue weighted by Gasteiger charge is -2.27. The normalized spacial score (nSPS) is 22.3. The Morgan fingerprint density at radius 1 is 0.941 bits per heavy atom. The van der Waals surface area contributed by atoms with E-state index in [-0.39, 0.29) is 0 Å². The molecule has 2 saturated heterocycles. The molecule has 2 aliphatic rings. The van der Waals surface area contributed by atoms with Crippen LogP contribution in [0.5, 0.6) is 11.5 Å². The van der Waals surface area contributed by atoms with Crippen LogP contribution < -0.4 is 9.47 Å². The van der Waals surface area contributed by atoms with Gasteiger partial charge in [0.2, 0.25) is 0 Å². The number of aliphatic hydroxyl groups is 1. The van der Waals surface area contributed by atoms with Crippen molar-refractivity contribution < 1.29 is 19.3 Å². The molecule has 1 unspecified atom stereocenters. The number of hydrogen-bond acceptors (Lipinski definition) is 6. The molecule has 34 heavy (non-hydrogen) atoms. The molecule has 0 radical (unpaired) electrons. The van der Waals surface area contributed by atoms with E-state index in [4.69, 9.17) is 14.2 Å². The van der Waals surface area contributed by atoms with Crippen molar-refractivity contribution in [3.63, 3.8) is 0 Å². The molecule has 0 saturated carbocycles. The first-order valence-electron chi connectivity index (χ1n) is 12.7. The Kier molecular flexibility index (Phi) is 8.84. The van der Waals surface area contributed by atoms with Crippen LogP contribution >= 0.6 is 0 Å². The van der Waals surface area contributed by atoms with Gasteiger partial charge in [-0.25, -0.2) is 0 Å². The van der Waals surface area contributed by atoms with Crippen LogP contribution in [0.1, 0.15) is 36.0 Å². The fourth-order valence-corrected chi connectivity index (χ4v) is 4.82. The Bertz CT molecular complexity index is 915. The lowest BCUT2D eigenvalue weighted by molar-refractivity contribution is -0.0170. The zero-order chi connectivity index (χ0) is 23.8. The molecule has 0 aliphatic carbocycles. The molecule has 1 atom stereocenters. The zero-order valence-corrected chi connectivity index (χ0v) is 20.8. The number of likely N-dealkylation sites (tertiary alicyclic amines) is 1. The molecule has 6 nitrogen and oxygen atoms in total.